The van der Waals surface area contributed by atoms with Gasteiger partial charge in [0, 0.05) is 11.8 Å². The molecule has 0 saturated heterocycles. The average Bonchev–Trinajstić information content (AvgIpc) is 2.73. The van der Waals surface area contributed by atoms with Crippen LogP contribution in [0.2, 0.25) is 0 Å². The molecule has 3 aromatic rings. The summed E-state index contributed by atoms with van der Waals surface area (Å²) < 4.78 is 15.5. The van der Waals surface area contributed by atoms with Gasteiger partial charge in [0.1, 0.15) is 11.0 Å². The summed E-state index contributed by atoms with van der Waals surface area (Å²) in [7, 11) is -1.40. The molecule has 3 aromatic carbocycles. The van der Waals surface area contributed by atoms with Gasteiger partial charge in [0.2, 0.25) is 0 Å². The van der Waals surface area contributed by atoms with Gasteiger partial charge in [-0.3, -0.25) is 10.0 Å². The van der Waals surface area contributed by atoms with E-state index in [1.54, 1.807) is 30.3 Å². The molecular formula is C21H18N2O3S. The van der Waals surface area contributed by atoms with Gasteiger partial charge in [0.05, 0.1) is 4.90 Å². The summed E-state index contributed by atoms with van der Waals surface area (Å²) in [6.45, 7) is 0. The molecule has 0 aliphatic carbocycles. The largest absolute Gasteiger partial charge is 0.301 e. The van der Waals surface area contributed by atoms with Crippen LogP contribution in [0.4, 0.5) is 5.69 Å². The lowest BCUT2D eigenvalue weighted by Crippen LogP contribution is -2.14. The Hall–Kier alpha value is -3.22. The Morgan fingerprint density at radius 2 is 1.48 bits per heavy atom. The predicted octanol–water partition coefficient (Wildman–Crippen LogP) is 4.01. The van der Waals surface area contributed by atoms with Gasteiger partial charge >= 0.3 is 0 Å². The van der Waals surface area contributed by atoms with E-state index in [0.29, 0.717) is 4.90 Å². The fourth-order valence-electron chi connectivity index (χ4n) is 2.44. The van der Waals surface area contributed by atoms with Crippen LogP contribution in [-0.4, -0.2) is 15.3 Å². The molecule has 0 saturated carbocycles. The molecule has 0 bridgehead atoms. The van der Waals surface area contributed by atoms with Crippen molar-refractivity contribution in [2.75, 3.05) is 4.72 Å². The number of amides is 1. The normalized spacial score (nSPS) is 11.9. The summed E-state index contributed by atoms with van der Waals surface area (Å²) in [5.41, 5.74) is 5.26. The summed E-state index contributed by atoms with van der Waals surface area (Å²) in [6, 6.07) is 24.7. The number of hydroxylamine groups is 1. The van der Waals surface area contributed by atoms with Gasteiger partial charge < -0.3 is 4.72 Å². The Morgan fingerprint density at radius 1 is 0.852 bits per heavy atom. The molecule has 0 spiro atoms. The van der Waals surface area contributed by atoms with Gasteiger partial charge in [0.15, 0.2) is 0 Å². The molecule has 1 atom stereocenters. The smallest absolute Gasteiger partial charge is 0.267 e. The average molecular weight is 378 g/mol. The molecule has 0 radical (unpaired) electrons. The molecule has 0 aromatic heterocycles. The first-order valence-corrected chi connectivity index (χ1v) is 9.37. The zero-order chi connectivity index (χ0) is 19.1. The van der Waals surface area contributed by atoms with Crippen LogP contribution in [0.5, 0.6) is 0 Å². The first kappa shape index (κ1) is 18.6. The summed E-state index contributed by atoms with van der Waals surface area (Å²) in [4.78, 5) is 11.6. The highest BCUT2D eigenvalue weighted by molar-refractivity contribution is 7.86. The third-order valence-electron chi connectivity index (χ3n) is 3.83. The number of benzene rings is 3. The Bertz CT molecular complexity index is 953. The van der Waals surface area contributed by atoms with Crippen molar-refractivity contribution in [2.45, 2.75) is 4.90 Å². The number of hydrogen-bond donors (Lipinski definition) is 3. The second-order valence-electron chi connectivity index (χ2n) is 5.69. The van der Waals surface area contributed by atoms with Crippen molar-refractivity contribution in [3.8, 4) is 11.1 Å². The molecule has 0 aliphatic rings. The lowest BCUT2D eigenvalue weighted by molar-refractivity contribution is -0.124. The van der Waals surface area contributed by atoms with Crippen LogP contribution in [0.25, 0.3) is 17.2 Å². The minimum atomic E-state index is -1.40. The number of anilines is 1. The Morgan fingerprint density at radius 3 is 2.11 bits per heavy atom. The van der Waals surface area contributed by atoms with Gasteiger partial charge in [-0.1, -0.05) is 54.6 Å². The molecule has 0 heterocycles. The Kier molecular flexibility index (Phi) is 6.14. The maximum Gasteiger partial charge on any atom is 0.267 e. The molecule has 6 heteroatoms. The first-order valence-electron chi connectivity index (χ1n) is 8.22. The Labute approximate surface area is 159 Å². The molecular weight excluding hydrogens is 360 g/mol. The van der Waals surface area contributed by atoms with Crippen molar-refractivity contribution < 1.29 is 14.2 Å². The molecule has 3 rings (SSSR count). The summed E-state index contributed by atoms with van der Waals surface area (Å²) in [5.74, 6) is -0.608. The van der Waals surface area contributed by atoms with Gasteiger partial charge in [-0.05, 0) is 47.0 Å². The van der Waals surface area contributed by atoms with Crippen molar-refractivity contribution in [3.05, 3.63) is 90.5 Å². The van der Waals surface area contributed by atoms with Crippen molar-refractivity contribution in [3.63, 3.8) is 0 Å². The van der Waals surface area contributed by atoms with Crippen molar-refractivity contribution in [1.82, 2.24) is 5.48 Å². The summed E-state index contributed by atoms with van der Waals surface area (Å²) >= 11 is 0. The molecule has 136 valence electrons. The molecule has 1 unspecified atom stereocenters. The fourth-order valence-corrected chi connectivity index (χ4v) is 3.29. The number of nitrogens with one attached hydrogen (secondary N) is 2. The monoisotopic (exact) mass is 378 g/mol. The van der Waals surface area contributed by atoms with Gasteiger partial charge in [-0.25, -0.2) is 9.69 Å². The molecule has 27 heavy (non-hydrogen) atoms. The van der Waals surface area contributed by atoms with E-state index < -0.39 is 16.9 Å². The zero-order valence-electron chi connectivity index (χ0n) is 14.3. The quantitative estimate of drug-likeness (QED) is 0.345. The maximum absolute atomic E-state index is 12.5. The third kappa shape index (κ3) is 5.13. The van der Waals surface area contributed by atoms with E-state index >= 15 is 0 Å². The first-order chi connectivity index (χ1) is 13.2. The standard InChI is InChI=1S/C21H18N2O3S/c24-21(22-25)15-8-16-6-13-20(14-7-16)27(26)23-19-11-9-18(10-12-19)17-4-2-1-3-5-17/h1-15,23,25H,(H,22,24)/b15-8+. The van der Waals surface area contributed by atoms with E-state index in [0.717, 1.165) is 22.4 Å². The van der Waals surface area contributed by atoms with Crippen LogP contribution in [0, 0.1) is 0 Å². The van der Waals surface area contributed by atoms with E-state index in [1.165, 1.54) is 11.6 Å². The highest BCUT2D eigenvalue weighted by atomic mass is 32.2. The van der Waals surface area contributed by atoms with Crippen LogP contribution >= 0.6 is 0 Å². The third-order valence-corrected chi connectivity index (χ3v) is 4.96. The number of carbonyl (C=O) groups excluding carboxylic acids is 1. The highest BCUT2D eigenvalue weighted by Gasteiger charge is 2.05. The molecule has 1 amide bonds. The van der Waals surface area contributed by atoms with E-state index in [1.807, 2.05) is 54.6 Å². The van der Waals surface area contributed by atoms with Crippen molar-refractivity contribution in [1.29, 1.82) is 0 Å². The Balaban J connectivity index is 1.65. The topological polar surface area (TPSA) is 78.4 Å². The molecule has 0 fully saturated rings. The lowest BCUT2D eigenvalue weighted by atomic mass is 10.1. The fraction of sp³-hybridized carbons (Fsp3) is 0. The van der Waals surface area contributed by atoms with Crippen LogP contribution in [-0.2, 0) is 15.8 Å². The number of rotatable bonds is 6. The van der Waals surface area contributed by atoms with Crippen molar-refractivity contribution in [2.24, 2.45) is 0 Å². The minimum absolute atomic E-state index is 0.608. The van der Waals surface area contributed by atoms with Crippen LogP contribution in [0.15, 0.2) is 89.8 Å². The van der Waals surface area contributed by atoms with E-state index in [-0.39, 0.29) is 0 Å². The second kappa shape index (κ2) is 8.93. The summed E-state index contributed by atoms with van der Waals surface area (Å²) in [5, 5.41) is 8.45. The van der Waals surface area contributed by atoms with Gasteiger partial charge in [-0.2, -0.15) is 0 Å². The number of carbonyl (C=O) groups is 1. The predicted molar refractivity (Wildman–Crippen MR) is 107 cm³/mol. The van der Waals surface area contributed by atoms with E-state index in [2.05, 4.69) is 4.72 Å². The summed E-state index contributed by atoms with van der Waals surface area (Å²) in [6.07, 6.45) is 2.76. The maximum atomic E-state index is 12.5. The second-order valence-corrected chi connectivity index (χ2v) is 6.91. The van der Waals surface area contributed by atoms with Crippen LogP contribution in [0.3, 0.4) is 0 Å². The number of hydrogen-bond acceptors (Lipinski definition) is 3. The molecule has 5 nitrogen and oxygen atoms in total. The lowest BCUT2D eigenvalue weighted by Gasteiger charge is -2.08. The van der Waals surface area contributed by atoms with Gasteiger partial charge in [-0.15, -0.1) is 0 Å². The minimum Gasteiger partial charge on any atom is -0.301 e. The van der Waals surface area contributed by atoms with Crippen LogP contribution < -0.4 is 10.2 Å². The van der Waals surface area contributed by atoms with E-state index in [4.69, 9.17) is 5.21 Å². The van der Waals surface area contributed by atoms with Gasteiger partial charge in [0.25, 0.3) is 5.91 Å². The van der Waals surface area contributed by atoms with Crippen LogP contribution in [0.1, 0.15) is 5.56 Å². The SMILES string of the molecule is O=C(/C=C/c1ccc(S(=O)Nc2ccc(-c3ccccc3)cc2)cc1)NO. The molecule has 3 N–H and O–H groups in total. The zero-order valence-corrected chi connectivity index (χ0v) is 15.1. The molecule has 0 aliphatic heterocycles. The van der Waals surface area contributed by atoms with E-state index in [9.17, 15) is 9.00 Å². The van der Waals surface area contributed by atoms with Crippen molar-refractivity contribution >= 4 is 28.7 Å². The highest BCUT2D eigenvalue weighted by Crippen LogP contribution is 2.22.